The van der Waals surface area contributed by atoms with Crippen LogP contribution in [-0.2, 0) is 6.54 Å². The van der Waals surface area contributed by atoms with Gasteiger partial charge < -0.3 is 11.5 Å². The lowest BCUT2D eigenvalue weighted by Crippen LogP contribution is -2.33. The van der Waals surface area contributed by atoms with Crippen molar-refractivity contribution in [2.45, 2.75) is 6.54 Å². The van der Waals surface area contributed by atoms with Gasteiger partial charge in [0.15, 0.2) is 18.9 Å². The summed E-state index contributed by atoms with van der Waals surface area (Å²) in [6.45, 7) is 0.646. The molecule has 2 aromatic rings. The Balaban J connectivity index is 2.25. The fourth-order valence-corrected chi connectivity index (χ4v) is 1.29. The third-order valence-corrected chi connectivity index (χ3v) is 2.05. The summed E-state index contributed by atoms with van der Waals surface area (Å²) in [5.41, 5.74) is 12.0. The minimum atomic E-state index is 0.203. The van der Waals surface area contributed by atoms with Gasteiger partial charge in [0.2, 0.25) is 5.95 Å². The Morgan fingerprint density at radius 3 is 2.53 bits per heavy atom. The molecule has 5 heteroatoms. The number of anilines is 2. The van der Waals surface area contributed by atoms with Crippen LogP contribution in [0.1, 0.15) is 5.56 Å². The summed E-state index contributed by atoms with van der Waals surface area (Å²) in [4.78, 5) is 7.81. The van der Waals surface area contributed by atoms with E-state index in [0.717, 1.165) is 5.56 Å². The molecule has 0 saturated heterocycles. The largest absolute Gasteiger partial charge is 0.383 e. The van der Waals surface area contributed by atoms with E-state index in [1.165, 1.54) is 0 Å². The van der Waals surface area contributed by atoms with E-state index in [9.17, 15) is 0 Å². The van der Waals surface area contributed by atoms with Gasteiger partial charge in [-0.25, -0.2) is 9.55 Å². The Morgan fingerprint density at radius 1 is 1.13 bits per heavy atom. The second-order valence-corrected chi connectivity index (χ2v) is 3.19. The number of hydrogen-bond acceptors (Lipinski definition) is 4. The van der Waals surface area contributed by atoms with E-state index in [-0.39, 0.29) is 5.95 Å². The molecule has 76 valence electrons. The highest BCUT2D eigenvalue weighted by molar-refractivity contribution is 5.40. The topological polar surface area (TPSA) is 81.7 Å². The molecule has 0 aliphatic heterocycles. The highest BCUT2D eigenvalue weighted by Gasteiger charge is 2.07. The van der Waals surface area contributed by atoms with Crippen LogP contribution in [0.25, 0.3) is 0 Å². The van der Waals surface area contributed by atoms with E-state index in [1.54, 1.807) is 6.20 Å². The standard InChI is InChI=1S/C10H12N5/c11-9-8(6-13-10(12)14-9)7-15-4-2-1-3-5-15/h1-6H,7H2,(H4,11,12,13,14)/q+1. The van der Waals surface area contributed by atoms with E-state index in [4.69, 9.17) is 11.5 Å². The Kier molecular flexibility index (Phi) is 2.45. The van der Waals surface area contributed by atoms with Crippen LogP contribution in [0.15, 0.2) is 36.8 Å². The van der Waals surface area contributed by atoms with Gasteiger partial charge in [0.25, 0.3) is 0 Å². The molecule has 0 unspecified atom stereocenters. The van der Waals surface area contributed by atoms with Gasteiger partial charge in [-0.1, -0.05) is 6.07 Å². The number of pyridine rings is 1. The summed E-state index contributed by atoms with van der Waals surface area (Å²) in [5.74, 6) is 0.633. The van der Waals surface area contributed by atoms with Gasteiger partial charge in [-0.2, -0.15) is 4.98 Å². The Morgan fingerprint density at radius 2 is 1.87 bits per heavy atom. The lowest BCUT2D eigenvalue weighted by Gasteiger charge is -2.01. The van der Waals surface area contributed by atoms with E-state index in [0.29, 0.717) is 12.4 Å². The SMILES string of the molecule is Nc1ncc(C[n+]2ccccc2)c(N)n1. The Labute approximate surface area is 87.4 Å². The van der Waals surface area contributed by atoms with Crippen molar-refractivity contribution in [1.29, 1.82) is 0 Å². The minimum absolute atomic E-state index is 0.203. The van der Waals surface area contributed by atoms with Crippen LogP contribution in [0.4, 0.5) is 11.8 Å². The first kappa shape index (κ1) is 9.39. The molecule has 0 saturated carbocycles. The first-order valence-corrected chi connectivity index (χ1v) is 4.56. The number of aromatic nitrogens is 3. The molecule has 0 fully saturated rings. The highest BCUT2D eigenvalue weighted by atomic mass is 15.0. The van der Waals surface area contributed by atoms with Crippen molar-refractivity contribution in [2.24, 2.45) is 0 Å². The summed E-state index contributed by atoms with van der Waals surface area (Å²) in [5, 5.41) is 0. The summed E-state index contributed by atoms with van der Waals surface area (Å²) in [6.07, 6.45) is 5.56. The van der Waals surface area contributed by atoms with Crippen molar-refractivity contribution in [3.8, 4) is 0 Å². The second-order valence-electron chi connectivity index (χ2n) is 3.19. The van der Waals surface area contributed by atoms with Crippen molar-refractivity contribution < 1.29 is 4.57 Å². The van der Waals surface area contributed by atoms with Crippen LogP contribution < -0.4 is 16.0 Å². The molecule has 2 aromatic heterocycles. The van der Waals surface area contributed by atoms with Crippen molar-refractivity contribution in [3.05, 3.63) is 42.4 Å². The summed E-state index contributed by atoms with van der Waals surface area (Å²) < 4.78 is 1.99. The first-order valence-electron chi connectivity index (χ1n) is 4.56. The lowest BCUT2D eigenvalue weighted by atomic mass is 10.3. The minimum Gasteiger partial charge on any atom is -0.383 e. The van der Waals surface area contributed by atoms with Crippen LogP contribution in [0.3, 0.4) is 0 Å². The average molecular weight is 202 g/mol. The quantitative estimate of drug-likeness (QED) is 0.670. The molecule has 0 aliphatic carbocycles. The number of hydrogen-bond donors (Lipinski definition) is 2. The molecule has 0 bridgehead atoms. The number of nitrogens with two attached hydrogens (primary N) is 2. The fourth-order valence-electron chi connectivity index (χ4n) is 1.29. The van der Waals surface area contributed by atoms with Crippen LogP contribution >= 0.6 is 0 Å². The Hall–Kier alpha value is -2.17. The van der Waals surface area contributed by atoms with Crippen molar-refractivity contribution >= 4 is 11.8 Å². The smallest absolute Gasteiger partial charge is 0.221 e. The van der Waals surface area contributed by atoms with Crippen LogP contribution in [-0.4, -0.2) is 9.97 Å². The molecule has 4 N–H and O–H groups in total. The second kappa shape index (κ2) is 3.91. The summed E-state index contributed by atoms with van der Waals surface area (Å²) in [7, 11) is 0. The fraction of sp³-hybridized carbons (Fsp3) is 0.100. The molecule has 0 atom stereocenters. The monoisotopic (exact) mass is 202 g/mol. The molecule has 0 aliphatic rings. The van der Waals surface area contributed by atoms with E-state index < -0.39 is 0 Å². The molecule has 0 amide bonds. The van der Waals surface area contributed by atoms with Gasteiger partial charge in [0.1, 0.15) is 5.82 Å². The summed E-state index contributed by atoms with van der Waals surface area (Å²) in [6, 6.07) is 5.86. The summed E-state index contributed by atoms with van der Waals surface area (Å²) >= 11 is 0. The third kappa shape index (κ3) is 2.19. The van der Waals surface area contributed by atoms with E-state index in [2.05, 4.69) is 9.97 Å². The maximum atomic E-state index is 5.72. The van der Waals surface area contributed by atoms with E-state index >= 15 is 0 Å². The first-order chi connectivity index (χ1) is 7.25. The zero-order chi connectivity index (χ0) is 10.7. The Bertz CT molecular complexity index is 455. The molecule has 0 aromatic carbocycles. The normalized spacial score (nSPS) is 10.1. The molecule has 15 heavy (non-hydrogen) atoms. The zero-order valence-electron chi connectivity index (χ0n) is 8.17. The number of nitrogens with zero attached hydrogens (tertiary/aromatic N) is 3. The zero-order valence-corrected chi connectivity index (χ0v) is 8.17. The molecule has 2 rings (SSSR count). The predicted octanol–water partition coefficient (Wildman–Crippen LogP) is -0.0232. The van der Waals surface area contributed by atoms with Gasteiger partial charge in [-0.3, -0.25) is 0 Å². The van der Waals surface area contributed by atoms with E-state index in [1.807, 2.05) is 35.2 Å². The highest BCUT2D eigenvalue weighted by Crippen LogP contribution is 2.07. The van der Waals surface area contributed by atoms with Crippen molar-refractivity contribution in [3.63, 3.8) is 0 Å². The van der Waals surface area contributed by atoms with Gasteiger partial charge in [-0.15, -0.1) is 0 Å². The van der Waals surface area contributed by atoms with Crippen molar-refractivity contribution in [1.82, 2.24) is 9.97 Å². The molecular weight excluding hydrogens is 190 g/mol. The molecule has 0 spiro atoms. The van der Waals surface area contributed by atoms with Gasteiger partial charge in [-0.05, 0) is 0 Å². The molecule has 2 heterocycles. The van der Waals surface area contributed by atoms with Crippen LogP contribution in [0.2, 0.25) is 0 Å². The van der Waals surface area contributed by atoms with Crippen LogP contribution in [0.5, 0.6) is 0 Å². The maximum Gasteiger partial charge on any atom is 0.221 e. The van der Waals surface area contributed by atoms with Gasteiger partial charge >= 0.3 is 0 Å². The lowest BCUT2D eigenvalue weighted by molar-refractivity contribution is -0.688. The predicted molar refractivity (Wildman–Crippen MR) is 56.6 cm³/mol. The van der Waals surface area contributed by atoms with Gasteiger partial charge in [0, 0.05) is 18.3 Å². The number of nitrogen functional groups attached to an aromatic ring is 2. The average Bonchev–Trinajstić information content (AvgIpc) is 2.24. The van der Waals surface area contributed by atoms with Gasteiger partial charge in [0.05, 0.1) is 5.56 Å². The van der Waals surface area contributed by atoms with Crippen LogP contribution in [0, 0.1) is 0 Å². The molecular formula is C10H12N5+. The van der Waals surface area contributed by atoms with Crippen molar-refractivity contribution in [2.75, 3.05) is 11.5 Å². The molecule has 5 nitrogen and oxygen atoms in total. The maximum absolute atomic E-state index is 5.72. The number of rotatable bonds is 2. The third-order valence-electron chi connectivity index (χ3n) is 2.05. The molecule has 0 radical (unpaired) electrons.